The summed E-state index contributed by atoms with van der Waals surface area (Å²) in [6, 6.07) is 15.0. The molecule has 0 spiro atoms. The van der Waals surface area contributed by atoms with Crippen LogP contribution in [0.15, 0.2) is 64.1 Å². The molecule has 2 unspecified atom stereocenters. The lowest BCUT2D eigenvalue weighted by molar-refractivity contribution is -0.135. The predicted molar refractivity (Wildman–Crippen MR) is 151 cm³/mol. The van der Waals surface area contributed by atoms with Crippen molar-refractivity contribution in [2.45, 2.75) is 51.2 Å². The monoisotopic (exact) mass is 556 g/mol. The second-order valence-corrected chi connectivity index (χ2v) is 12.0. The fourth-order valence-electron chi connectivity index (χ4n) is 5.64. The van der Waals surface area contributed by atoms with E-state index in [1.54, 1.807) is 11.9 Å². The number of allylic oxidation sites excluding steroid dienone is 1. The van der Waals surface area contributed by atoms with Crippen LogP contribution < -0.4 is 5.32 Å². The molecule has 9 heteroatoms. The van der Waals surface area contributed by atoms with Crippen LogP contribution in [0.3, 0.4) is 0 Å². The van der Waals surface area contributed by atoms with Crippen LogP contribution in [-0.4, -0.2) is 46.4 Å². The number of halogens is 2. The lowest BCUT2D eigenvalue weighted by atomic mass is 9.81. The molecule has 3 aliphatic rings. The summed E-state index contributed by atoms with van der Waals surface area (Å²) in [5, 5.41) is 4.84. The molecule has 1 fully saturated rings. The van der Waals surface area contributed by atoms with Crippen molar-refractivity contribution in [2.24, 2.45) is 10.9 Å². The Morgan fingerprint density at radius 3 is 2.30 bits per heavy atom. The molecule has 3 atom stereocenters. The molecule has 0 aliphatic carbocycles. The van der Waals surface area contributed by atoms with Gasteiger partial charge in [0.1, 0.15) is 16.5 Å². The zero-order chi connectivity index (χ0) is 26.5. The first kappa shape index (κ1) is 26.1. The van der Waals surface area contributed by atoms with Gasteiger partial charge in [-0.05, 0) is 72.8 Å². The number of nitrogens with one attached hydrogen (secondary N) is 1. The maximum atomic E-state index is 13.9. The van der Waals surface area contributed by atoms with Crippen molar-refractivity contribution in [3.63, 3.8) is 0 Å². The minimum absolute atomic E-state index is 0.0579. The number of hydrogen-bond donors (Lipinski definition) is 1. The molecular formula is C28H30Cl2N4O2S. The van der Waals surface area contributed by atoms with E-state index in [-0.39, 0.29) is 23.8 Å². The number of rotatable bonds is 5. The number of carbonyl (C=O) groups excluding carboxylic acids is 2. The second-order valence-electron chi connectivity index (χ2n) is 10.1. The number of likely N-dealkylation sites (N-methyl/N-ethyl adjacent to an activating group) is 1. The molecule has 0 bridgehead atoms. The van der Waals surface area contributed by atoms with Gasteiger partial charge in [-0.15, -0.1) is 0 Å². The number of fused-ring (bicyclic) bond motifs is 1. The van der Waals surface area contributed by atoms with E-state index in [2.05, 4.69) is 31.0 Å². The summed E-state index contributed by atoms with van der Waals surface area (Å²) in [5.41, 5.74) is 2.41. The quantitative estimate of drug-likeness (QED) is 0.492. The normalized spacial score (nSPS) is 25.1. The van der Waals surface area contributed by atoms with Crippen molar-refractivity contribution in [1.82, 2.24) is 15.1 Å². The maximum absolute atomic E-state index is 13.9. The number of thioether (sulfide) groups is 1. The first-order valence-corrected chi connectivity index (χ1v) is 14.1. The number of aliphatic imine (C=N–C) groups is 1. The number of carbonyl (C=O) groups is 2. The van der Waals surface area contributed by atoms with E-state index in [0.29, 0.717) is 27.9 Å². The Hall–Kier alpha value is -2.48. The molecule has 2 aromatic rings. The third-order valence-electron chi connectivity index (χ3n) is 7.43. The summed E-state index contributed by atoms with van der Waals surface area (Å²) in [6.07, 6.45) is 1.48. The van der Waals surface area contributed by atoms with Gasteiger partial charge in [-0.25, -0.2) is 4.99 Å². The summed E-state index contributed by atoms with van der Waals surface area (Å²) >= 11 is 13.9. The van der Waals surface area contributed by atoms with E-state index < -0.39 is 11.6 Å². The molecule has 37 heavy (non-hydrogen) atoms. The van der Waals surface area contributed by atoms with Crippen LogP contribution in [0, 0.1) is 5.92 Å². The van der Waals surface area contributed by atoms with Crippen LogP contribution in [0.4, 0.5) is 0 Å². The highest BCUT2D eigenvalue weighted by Gasteiger charge is 2.53. The van der Waals surface area contributed by atoms with Crippen molar-refractivity contribution in [2.75, 3.05) is 13.6 Å². The minimum atomic E-state index is -0.617. The van der Waals surface area contributed by atoms with Crippen LogP contribution in [0.25, 0.3) is 0 Å². The smallest absolute Gasteiger partial charge is 0.263 e. The van der Waals surface area contributed by atoms with Crippen molar-refractivity contribution in [1.29, 1.82) is 0 Å². The van der Waals surface area contributed by atoms with Crippen molar-refractivity contribution in [3.8, 4) is 0 Å². The van der Waals surface area contributed by atoms with Gasteiger partial charge in [0, 0.05) is 29.3 Å². The van der Waals surface area contributed by atoms with Gasteiger partial charge < -0.3 is 15.1 Å². The van der Waals surface area contributed by atoms with Gasteiger partial charge in [0.15, 0.2) is 5.17 Å². The molecule has 194 valence electrons. The van der Waals surface area contributed by atoms with Gasteiger partial charge in [0.2, 0.25) is 5.91 Å². The highest BCUT2D eigenvalue weighted by atomic mass is 35.5. The van der Waals surface area contributed by atoms with E-state index >= 15 is 0 Å². The van der Waals surface area contributed by atoms with E-state index in [4.69, 9.17) is 28.2 Å². The molecule has 3 aliphatic heterocycles. The van der Waals surface area contributed by atoms with Gasteiger partial charge in [0.25, 0.3) is 5.91 Å². The first-order valence-electron chi connectivity index (χ1n) is 12.5. The molecule has 2 amide bonds. The topological polar surface area (TPSA) is 65.0 Å². The highest BCUT2D eigenvalue weighted by molar-refractivity contribution is 8.18. The molecule has 0 saturated carbocycles. The number of hydrogen-bond acceptors (Lipinski definition) is 5. The Labute approximate surface area is 232 Å². The second kappa shape index (κ2) is 10.0. The zero-order valence-electron chi connectivity index (χ0n) is 21.3. The molecule has 0 radical (unpaired) electrons. The average Bonchev–Trinajstić information content (AvgIpc) is 3.57. The Bertz CT molecular complexity index is 1290. The average molecular weight is 558 g/mol. The van der Waals surface area contributed by atoms with E-state index in [9.17, 15) is 9.59 Å². The van der Waals surface area contributed by atoms with Gasteiger partial charge >= 0.3 is 0 Å². The Balaban J connectivity index is 1.62. The fourth-order valence-corrected chi connectivity index (χ4v) is 7.26. The fraction of sp³-hybridized carbons (Fsp3) is 0.393. The summed E-state index contributed by atoms with van der Waals surface area (Å²) < 4.78 is 0. The van der Waals surface area contributed by atoms with Gasteiger partial charge in [-0.1, -0.05) is 61.3 Å². The third-order valence-corrected chi connectivity index (χ3v) is 8.99. The zero-order valence-corrected chi connectivity index (χ0v) is 23.6. The standard InChI is InChI=1S/C28H30Cl2N4O2S/c1-16(2)22-23(26(36)33-15-5-6-21(33)25(35)31-4)37-27-32-28(3,18-9-13-20(30)14-10-18)24(34(22)27)17-7-11-19(29)12-8-17/h7-14,16,21,24H,5-6,15H2,1-4H3,(H,31,35)/t21-,24?,28?/m1/s1. The van der Waals surface area contributed by atoms with Gasteiger partial charge in [-0.3, -0.25) is 9.59 Å². The largest absolute Gasteiger partial charge is 0.357 e. The molecule has 1 N–H and O–H groups in total. The number of amidine groups is 1. The summed E-state index contributed by atoms with van der Waals surface area (Å²) in [7, 11) is 1.62. The highest BCUT2D eigenvalue weighted by Crippen LogP contribution is 2.56. The van der Waals surface area contributed by atoms with Crippen molar-refractivity contribution >= 4 is 51.9 Å². The lowest BCUT2D eigenvalue weighted by Gasteiger charge is -2.37. The molecule has 5 rings (SSSR count). The third kappa shape index (κ3) is 4.45. The predicted octanol–water partition coefficient (Wildman–Crippen LogP) is 5.97. The Morgan fingerprint density at radius 1 is 1.08 bits per heavy atom. The Kier molecular flexibility index (Phi) is 7.07. The van der Waals surface area contributed by atoms with Crippen LogP contribution in [0.1, 0.15) is 50.8 Å². The Morgan fingerprint density at radius 2 is 1.70 bits per heavy atom. The van der Waals surface area contributed by atoms with E-state index in [0.717, 1.165) is 28.4 Å². The number of likely N-dealkylation sites (tertiary alicyclic amines) is 1. The lowest BCUT2D eigenvalue weighted by Crippen LogP contribution is -2.45. The van der Waals surface area contributed by atoms with Gasteiger partial charge in [-0.2, -0.15) is 0 Å². The van der Waals surface area contributed by atoms with Crippen molar-refractivity contribution < 1.29 is 9.59 Å². The molecule has 6 nitrogen and oxygen atoms in total. The van der Waals surface area contributed by atoms with Crippen LogP contribution >= 0.6 is 35.0 Å². The number of amides is 2. The molecule has 2 aromatic carbocycles. The minimum Gasteiger partial charge on any atom is -0.357 e. The summed E-state index contributed by atoms with van der Waals surface area (Å²) in [4.78, 5) is 36.3. The van der Waals surface area contributed by atoms with Crippen LogP contribution in [0.2, 0.25) is 10.0 Å². The molecule has 0 aromatic heterocycles. The summed E-state index contributed by atoms with van der Waals surface area (Å²) in [6.45, 7) is 6.90. The maximum Gasteiger partial charge on any atom is 0.263 e. The van der Waals surface area contributed by atoms with Crippen LogP contribution in [0.5, 0.6) is 0 Å². The number of nitrogens with zero attached hydrogens (tertiary/aromatic N) is 3. The van der Waals surface area contributed by atoms with Crippen molar-refractivity contribution in [3.05, 3.63) is 80.3 Å². The molecule has 1 saturated heterocycles. The van der Waals surface area contributed by atoms with Crippen LogP contribution in [-0.2, 0) is 15.1 Å². The summed E-state index contributed by atoms with van der Waals surface area (Å²) in [5.74, 6) is -0.157. The molecule has 3 heterocycles. The molecular weight excluding hydrogens is 527 g/mol. The number of benzene rings is 2. The SMILES string of the molecule is CNC(=O)[C@H]1CCCN1C(=O)C1=C(C(C)C)N2C(=NC(C)(c3ccc(Cl)cc3)C2c2ccc(Cl)cc2)S1. The van der Waals surface area contributed by atoms with E-state index in [1.165, 1.54) is 11.8 Å². The van der Waals surface area contributed by atoms with E-state index in [1.807, 2.05) is 48.5 Å². The first-order chi connectivity index (χ1) is 17.7. The van der Waals surface area contributed by atoms with Gasteiger partial charge in [0.05, 0.1) is 6.04 Å².